The third-order valence-electron chi connectivity index (χ3n) is 4.01. The summed E-state index contributed by atoms with van der Waals surface area (Å²) in [4.78, 5) is 9.65. The van der Waals surface area contributed by atoms with Crippen LogP contribution in [0.15, 0.2) is 54.6 Å². The third kappa shape index (κ3) is 2.46. The van der Waals surface area contributed by atoms with Crippen molar-refractivity contribution in [3.05, 3.63) is 54.6 Å². The molecular formula is C19H18N4. The van der Waals surface area contributed by atoms with Gasteiger partial charge in [0.2, 0.25) is 0 Å². The van der Waals surface area contributed by atoms with Gasteiger partial charge in [-0.2, -0.15) is 5.10 Å². The molecule has 0 aliphatic carbocycles. The average Bonchev–Trinajstić information content (AvgIpc) is 2.96. The van der Waals surface area contributed by atoms with Crippen LogP contribution in [-0.2, 0) is 6.54 Å². The first-order chi connectivity index (χ1) is 11.4. The Bertz CT molecular complexity index is 957. The summed E-state index contributed by atoms with van der Waals surface area (Å²) in [5.41, 5.74) is 5.57. The Hall–Kier alpha value is -2.75. The molecule has 4 aromatic rings. The predicted octanol–water partition coefficient (Wildman–Crippen LogP) is 4.45. The molecule has 23 heavy (non-hydrogen) atoms. The molecule has 0 fully saturated rings. The number of hydrogen-bond acceptors (Lipinski definition) is 3. The SMILES string of the molecule is CCCCn1nc(-c2ccccc2)c2nc3ccccc3nc21. The number of unbranched alkanes of at least 4 members (excludes halogenated alkanes) is 1. The van der Waals surface area contributed by atoms with Gasteiger partial charge in [-0.1, -0.05) is 55.8 Å². The minimum atomic E-state index is 0.868. The first-order valence-corrected chi connectivity index (χ1v) is 8.05. The van der Waals surface area contributed by atoms with Crippen molar-refractivity contribution < 1.29 is 0 Å². The summed E-state index contributed by atoms with van der Waals surface area (Å²) in [6.07, 6.45) is 2.21. The van der Waals surface area contributed by atoms with E-state index in [0.717, 1.165) is 52.8 Å². The Labute approximate surface area is 134 Å². The van der Waals surface area contributed by atoms with Crippen LogP contribution in [0.5, 0.6) is 0 Å². The van der Waals surface area contributed by atoms with E-state index in [1.807, 2.05) is 47.1 Å². The summed E-state index contributed by atoms with van der Waals surface area (Å²) < 4.78 is 2.00. The molecule has 0 N–H and O–H groups in total. The fourth-order valence-corrected chi connectivity index (χ4v) is 2.80. The van der Waals surface area contributed by atoms with Crippen LogP contribution < -0.4 is 0 Å². The number of para-hydroxylation sites is 2. The van der Waals surface area contributed by atoms with E-state index in [1.165, 1.54) is 0 Å². The van der Waals surface area contributed by atoms with E-state index in [2.05, 4.69) is 19.1 Å². The van der Waals surface area contributed by atoms with E-state index in [-0.39, 0.29) is 0 Å². The standard InChI is InChI=1S/C19H18N4/c1-2-3-13-23-19-18(17(22-23)14-9-5-4-6-10-14)20-15-11-7-8-12-16(15)21-19/h4-12H,2-3,13H2,1H3. The molecule has 0 saturated heterocycles. The normalized spacial score (nSPS) is 11.3. The van der Waals surface area contributed by atoms with Crippen molar-refractivity contribution in [2.75, 3.05) is 0 Å². The molecule has 0 amide bonds. The van der Waals surface area contributed by atoms with Crippen LogP contribution in [0.4, 0.5) is 0 Å². The zero-order chi connectivity index (χ0) is 15.6. The maximum absolute atomic E-state index is 4.84. The second-order valence-corrected chi connectivity index (χ2v) is 5.68. The molecule has 0 radical (unpaired) electrons. The first-order valence-electron chi connectivity index (χ1n) is 8.05. The number of rotatable bonds is 4. The number of fused-ring (bicyclic) bond motifs is 2. The molecule has 114 valence electrons. The molecule has 2 heterocycles. The molecule has 4 heteroatoms. The molecule has 2 aromatic carbocycles. The van der Waals surface area contributed by atoms with Crippen molar-refractivity contribution in [1.82, 2.24) is 19.7 Å². The van der Waals surface area contributed by atoms with E-state index in [4.69, 9.17) is 15.1 Å². The van der Waals surface area contributed by atoms with Crippen molar-refractivity contribution in [2.24, 2.45) is 0 Å². The van der Waals surface area contributed by atoms with Gasteiger partial charge in [0.25, 0.3) is 0 Å². The Morgan fingerprint density at radius 3 is 2.30 bits per heavy atom. The molecule has 0 bridgehead atoms. The van der Waals surface area contributed by atoms with Gasteiger partial charge >= 0.3 is 0 Å². The highest BCUT2D eigenvalue weighted by Gasteiger charge is 2.15. The van der Waals surface area contributed by atoms with Crippen LogP contribution in [0.2, 0.25) is 0 Å². The fraction of sp³-hybridized carbons (Fsp3) is 0.211. The van der Waals surface area contributed by atoms with Crippen LogP contribution in [-0.4, -0.2) is 19.7 Å². The number of hydrogen-bond donors (Lipinski definition) is 0. The molecule has 2 aromatic heterocycles. The topological polar surface area (TPSA) is 43.6 Å². The number of aromatic nitrogens is 4. The zero-order valence-corrected chi connectivity index (χ0v) is 13.1. The highest BCUT2D eigenvalue weighted by atomic mass is 15.3. The molecule has 0 spiro atoms. The predicted molar refractivity (Wildman–Crippen MR) is 93.2 cm³/mol. The molecule has 0 unspecified atom stereocenters. The Balaban J connectivity index is 2.00. The lowest BCUT2D eigenvalue weighted by atomic mass is 10.1. The van der Waals surface area contributed by atoms with Gasteiger partial charge < -0.3 is 0 Å². The van der Waals surface area contributed by atoms with Crippen LogP contribution in [0, 0.1) is 0 Å². The summed E-state index contributed by atoms with van der Waals surface area (Å²) in [5.74, 6) is 0. The number of nitrogens with zero attached hydrogens (tertiary/aromatic N) is 4. The summed E-state index contributed by atoms with van der Waals surface area (Å²) >= 11 is 0. The lowest BCUT2D eigenvalue weighted by Crippen LogP contribution is -2.01. The summed E-state index contributed by atoms with van der Waals surface area (Å²) in [5, 5.41) is 4.81. The van der Waals surface area contributed by atoms with Gasteiger partial charge in [0.05, 0.1) is 11.0 Å². The van der Waals surface area contributed by atoms with Gasteiger partial charge in [-0.05, 0) is 18.6 Å². The zero-order valence-electron chi connectivity index (χ0n) is 13.1. The van der Waals surface area contributed by atoms with Gasteiger partial charge in [-0.15, -0.1) is 0 Å². The van der Waals surface area contributed by atoms with Gasteiger partial charge in [0.1, 0.15) is 11.2 Å². The minimum Gasteiger partial charge on any atom is -0.245 e. The Morgan fingerprint density at radius 1 is 0.870 bits per heavy atom. The number of benzene rings is 2. The second kappa shape index (κ2) is 5.80. The smallest absolute Gasteiger partial charge is 0.178 e. The van der Waals surface area contributed by atoms with Gasteiger partial charge in [0, 0.05) is 12.1 Å². The van der Waals surface area contributed by atoms with Crippen molar-refractivity contribution in [3.63, 3.8) is 0 Å². The van der Waals surface area contributed by atoms with E-state index in [1.54, 1.807) is 0 Å². The maximum atomic E-state index is 4.84. The van der Waals surface area contributed by atoms with Crippen molar-refractivity contribution in [1.29, 1.82) is 0 Å². The largest absolute Gasteiger partial charge is 0.245 e. The van der Waals surface area contributed by atoms with E-state index in [9.17, 15) is 0 Å². The molecular weight excluding hydrogens is 284 g/mol. The van der Waals surface area contributed by atoms with E-state index >= 15 is 0 Å². The van der Waals surface area contributed by atoms with Crippen molar-refractivity contribution in [2.45, 2.75) is 26.3 Å². The monoisotopic (exact) mass is 302 g/mol. The van der Waals surface area contributed by atoms with Crippen LogP contribution in [0.3, 0.4) is 0 Å². The van der Waals surface area contributed by atoms with Gasteiger partial charge in [-0.3, -0.25) is 0 Å². The third-order valence-corrected chi connectivity index (χ3v) is 4.01. The fourth-order valence-electron chi connectivity index (χ4n) is 2.80. The van der Waals surface area contributed by atoms with Crippen LogP contribution in [0.1, 0.15) is 19.8 Å². The average molecular weight is 302 g/mol. The van der Waals surface area contributed by atoms with E-state index in [0.29, 0.717) is 0 Å². The molecule has 4 nitrogen and oxygen atoms in total. The van der Waals surface area contributed by atoms with Gasteiger partial charge in [0.15, 0.2) is 5.65 Å². The molecule has 0 aliphatic rings. The second-order valence-electron chi connectivity index (χ2n) is 5.68. The summed E-state index contributed by atoms with van der Waals surface area (Å²) in [7, 11) is 0. The number of aryl methyl sites for hydroxylation is 1. The Morgan fingerprint density at radius 2 is 1.57 bits per heavy atom. The lowest BCUT2D eigenvalue weighted by Gasteiger charge is -2.01. The van der Waals surface area contributed by atoms with Crippen molar-refractivity contribution >= 4 is 22.2 Å². The summed E-state index contributed by atoms with van der Waals surface area (Å²) in [6.45, 7) is 3.05. The quantitative estimate of drug-likeness (QED) is 0.559. The van der Waals surface area contributed by atoms with Crippen molar-refractivity contribution in [3.8, 4) is 11.3 Å². The maximum Gasteiger partial charge on any atom is 0.178 e. The Kier molecular flexibility index (Phi) is 3.50. The highest BCUT2D eigenvalue weighted by Crippen LogP contribution is 2.27. The summed E-state index contributed by atoms with van der Waals surface area (Å²) in [6, 6.07) is 18.2. The molecule has 0 atom stereocenters. The van der Waals surface area contributed by atoms with Crippen LogP contribution in [0.25, 0.3) is 33.5 Å². The minimum absolute atomic E-state index is 0.868. The molecule has 0 saturated carbocycles. The molecule has 4 rings (SSSR count). The van der Waals surface area contributed by atoms with E-state index < -0.39 is 0 Å². The van der Waals surface area contributed by atoms with Gasteiger partial charge in [-0.25, -0.2) is 14.6 Å². The highest BCUT2D eigenvalue weighted by molar-refractivity contribution is 5.93. The first kappa shape index (κ1) is 13.9. The lowest BCUT2D eigenvalue weighted by molar-refractivity contribution is 0.586. The van der Waals surface area contributed by atoms with Crippen LogP contribution >= 0.6 is 0 Å². The molecule has 0 aliphatic heterocycles.